The molecule has 0 saturated heterocycles. The molecule has 6 nitrogen and oxygen atoms in total. The number of carbonyl (C=O) groups is 2. The summed E-state index contributed by atoms with van der Waals surface area (Å²) in [5.74, 6) is -0.104. The van der Waals surface area contributed by atoms with Crippen LogP contribution in [0.1, 0.15) is 51.5 Å². The summed E-state index contributed by atoms with van der Waals surface area (Å²) < 4.78 is 1.89. The van der Waals surface area contributed by atoms with Crippen LogP contribution >= 0.6 is 11.8 Å². The zero-order valence-electron chi connectivity index (χ0n) is 16.0. The number of ketones is 2. The van der Waals surface area contributed by atoms with Crippen molar-refractivity contribution < 1.29 is 9.59 Å². The lowest BCUT2D eigenvalue weighted by atomic mass is 10.0. The highest BCUT2D eigenvalue weighted by atomic mass is 32.2. The first-order chi connectivity index (χ1) is 12.8. The van der Waals surface area contributed by atoms with E-state index < -0.39 is 0 Å². The Hall–Kier alpha value is -2.67. The van der Waals surface area contributed by atoms with Crippen LogP contribution in [-0.4, -0.2) is 36.6 Å². The molecule has 0 saturated carbocycles. The molecule has 0 amide bonds. The fourth-order valence-electron chi connectivity index (χ4n) is 3.24. The Morgan fingerprint density at radius 2 is 1.89 bits per heavy atom. The van der Waals surface area contributed by atoms with E-state index in [4.69, 9.17) is 0 Å². The van der Waals surface area contributed by atoms with E-state index >= 15 is 0 Å². The summed E-state index contributed by atoms with van der Waals surface area (Å²) in [6.45, 7) is 8.99. The van der Waals surface area contributed by atoms with Crippen molar-refractivity contribution in [2.75, 3.05) is 0 Å². The number of para-hydroxylation sites is 1. The molecule has 0 unspecified atom stereocenters. The smallest absolute Gasteiger partial charge is 0.196 e. The summed E-state index contributed by atoms with van der Waals surface area (Å²) in [6.07, 6.45) is 1.65. The SMILES string of the molecule is CC(=O)c1c(C)[nH]c(C(=O)[C@H](C)Sc2nncn2-c2ccccc2C)c1C. The Kier molecular flexibility index (Phi) is 5.32. The molecule has 3 aromatic rings. The maximum atomic E-state index is 13.0. The van der Waals surface area contributed by atoms with Crippen LogP contribution in [0.15, 0.2) is 35.7 Å². The fraction of sp³-hybridized carbons (Fsp3) is 0.300. The van der Waals surface area contributed by atoms with Gasteiger partial charge in [0.1, 0.15) is 6.33 Å². The summed E-state index contributed by atoms with van der Waals surface area (Å²) in [5, 5.41) is 8.46. The first kappa shape index (κ1) is 19.1. The van der Waals surface area contributed by atoms with E-state index in [1.807, 2.05) is 49.6 Å². The Morgan fingerprint density at radius 3 is 2.52 bits per heavy atom. The van der Waals surface area contributed by atoms with Gasteiger partial charge in [0.2, 0.25) is 0 Å². The van der Waals surface area contributed by atoms with Gasteiger partial charge in [-0.2, -0.15) is 0 Å². The number of nitrogens with one attached hydrogen (secondary N) is 1. The molecule has 0 spiro atoms. The number of benzene rings is 1. The molecule has 0 aliphatic rings. The highest BCUT2D eigenvalue weighted by Crippen LogP contribution is 2.29. The van der Waals surface area contributed by atoms with Crippen molar-refractivity contribution in [3.63, 3.8) is 0 Å². The van der Waals surface area contributed by atoms with E-state index in [0.717, 1.165) is 16.9 Å². The van der Waals surface area contributed by atoms with Crippen LogP contribution in [0.25, 0.3) is 5.69 Å². The number of hydrogen-bond donors (Lipinski definition) is 1. The lowest BCUT2D eigenvalue weighted by Crippen LogP contribution is -2.16. The second-order valence-corrected chi connectivity index (χ2v) is 7.88. The Bertz CT molecular complexity index is 1020. The highest BCUT2D eigenvalue weighted by molar-refractivity contribution is 8.00. The van der Waals surface area contributed by atoms with Crippen molar-refractivity contribution >= 4 is 23.3 Å². The number of aromatic amines is 1. The third-order valence-corrected chi connectivity index (χ3v) is 5.64. The van der Waals surface area contributed by atoms with Gasteiger partial charge in [-0.3, -0.25) is 14.2 Å². The predicted molar refractivity (Wildman–Crippen MR) is 106 cm³/mol. The van der Waals surface area contributed by atoms with E-state index in [9.17, 15) is 9.59 Å². The Balaban J connectivity index is 1.87. The normalized spacial score (nSPS) is 12.2. The second-order valence-electron chi connectivity index (χ2n) is 6.58. The number of aromatic nitrogens is 4. The molecule has 2 heterocycles. The van der Waals surface area contributed by atoms with Gasteiger partial charge in [0.15, 0.2) is 16.7 Å². The molecule has 3 rings (SSSR count). The van der Waals surface area contributed by atoms with Gasteiger partial charge in [0.05, 0.1) is 16.6 Å². The standard InChI is InChI=1S/C20H22N4O2S/c1-11-8-6-7-9-16(11)24-10-21-23-20(24)27-15(5)19(26)18-12(2)17(14(4)25)13(3)22-18/h6-10,15,22H,1-5H3/t15-/m0/s1. The van der Waals surface area contributed by atoms with Crippen LogP contribution in [0.5, 0.6) is 0 Å². The molecule has 2 aromatic heterocycles. The van der Waals surface area contributed by atoms with Crippen molar-refractivity contribution in [3.8, 4) is 5.69 Å². The molecular formula is C20H22N4O2S. The quantitative estimate of drug-likeness (QED) is 0.513. The van der Waals surface area contributed by atoms with E-state index in [-0.39, 0.29) is 16.8 Å². The molecule has 140 valence electrons. The number of aryl methyl sites for hydroxylation is 2. The van der Waals surface area contributed by atoms with Gasteiger partial charge in [-0.05, 0) is 51.8 Å². The minimum absolute atomic E-state index is 0.0418. The van der Waals surface area contributed by atoms with Crippen LogP contribution in [0.4, 0.5) is 0 Å². The molecule has 0 fully saturated rings. The Morgan fingerprint density at radius 1 is 1.19 bits per heavy atom. The minimum Gasteiger partial charge on any atom is -0.355 e. The Labute approximate surface area is 162 Å². The fourth-order valence-corrected chi connectivity index (χ4v) is 4.14. The van der Waals surface area contributed by atoms with Gasteiger partial charge in [-0.15, -0.1) is 10.2 Å². The molecule has 0 radical (unpaired) electrons. The number of nitrogens with zero attached hydrogens (tertiary/aromatic N) is 3. The molecule has 0 aliphatic carbocycles. The molecule has 1 atom stereocenters. The number of rotatable bonds is 6. The van der Waals surface area contributed by atoms with Gasteiger partial charge in [-0.1, -0.05) is 30.0 Å². The van der Waals surface area contributed by atoms with Crippen molar-refractivity contribution in [3.05, 3.63) is 58.7 Å². The van der Waals surface area contributed by atoms with E-state index in [1.165, 1.54) is 18.7 Å². The lowest BCUT2D eigenvalue weighted by Gasteiger charge is -2.12. The zero-order valence-corrected chi connectivity index (χ0v) is 16.8. The van der Waals surface area contributed by atoms with Gasteiger partial charge in [0.25, 0.3) is 0 Å². The van der Waals surface area contributed by atoms with Crippen LogP contribution in [0.3, 0.4) is 0 Å². The highest BCUT2D eigenvalue weighted by Gasteiger charge is 2.25. The largest absolute Gasteiger partial charge is 0.355 e. The van der Waals surface area contributed by atoms with E-state index in [2.05, 4.69) is 15.2 Å². The number of H-pyrrole nitrogens is 1. The average Bonchev–Trinajstić information content (AvgIpc) is 3.18. The molecule has 1 N–H and O–H groups in total. The summed E-state index contributed by atoms with van der Waals surface area (Å²) in [6, 6.07) is 7.95. The summed E-state index contributed by atoms with van der Waals surface area (Å²) in [5.41, 5.74) is 4.59. The van der Waals surface area contributed by atoms with Crippen molar-refractivity contribution in [2.45, 2.75) is 45.0 Å². The second kappa shape index (κ2) is 7.52. The summed E-state index contributed by atoms with van der Waals surface area (Å²) in [7, 11) is 0. The van der Waals surface area contributed by atoms with Crippen LogP contribution in [0, 0.1) is 20.8 Å². The number of Topliss-reactive ketones (excluding diaryl/α,β-unsaturated/α-hetero) is 2. The third kappa shape index (κ3) is 3.60. The summed E-state index contributed by atoms with van der Waals surface area (Å²) in [4.78, 5) is 27.9. The van der Waals surface area contributed by atoms with Crippen molar-refractivity contribution in [1.29, 1.82) is 0 Å². The topological polar surface area (TPSA) is 80.6 Å². The molecular weight excluding hydrogens is 360 g/mol. The van der Waals surface area contributed by atoms with E-state index in [1.54, 1.807) is 13.3 Å². The van der Waals surface area contributed by atoms with E-state index in [0.29, 0.717) is 22.0 Å². The predicted octanol–water partition coefficient (Wildman–Crippen LogP) is 4.09. The molecule has 0 bridgehead atoms. The van der Waals surface area contributed by atoms with Crippen molar-refractivity contribution in [1.82, 2.24) is 19.7 Å². The van der Waals surface area contributed by atoms with Crippen molar-refractivity contribution in [2.24, 2.45) is 0 Å². The lowest BCUT2D eigenvalue weighted by molar-refractivity contribution is 0.0988. The minimum atomic E-state index is -0.381. The van der Waals surface area contributed by atoms with Gasteiger partial charge in [-0.25, -0.2) is 0 Å². The first-order valence-corrected chi connectivity index (χ1v) is 9.56. The number of carbonyl (C=O) groups excluding carboxylic acids is 2. The average molecular weight is 382 g/mol. The number of hydrogen-bond acceptors (Lipinski definition) is 5. The monoisotopic (exact) mass is 382 g/mol. The molecule has 1 aromatic carbocycles. The summed E-state index contributed by atoms with van der Waals surface area (Å²) >= 11 is 1.35. The third-order valence-electron chi connectivity index (χ3n) is 4.58. The van der Waals surface area contributed by atoms with Gasteiger partial charge in [0, 0.05) is 11.3 Å². The molecule has 7 heteroatoms. The van der Waals surface area contributed by atoms with Crippen LogP contribution in [0.2, 0.25) is 0 Å². The van der Waals surface area contributed by atoms with Crippen LogP contribution in [-0.2, 0) is 0 Å². The van der Waals surface area contributed by atoms with Crippen LogP contribution < -0.4 is 0 Å². The first-order valence-electron chi connectivity index (χ1n) is 8.68. The van der Waals surface area contributed by atoms with Gasteiger partial charge < -0.3 is 4.98 Å². The molecule has 0 aliphatic heterocycles. The molecule has 27 heavy (non-hydrogen) atoms. The maximum Gasteiger partial charge on any atom is 0.196 e. The maximum absolute atomic E-state index is 13.0. The zero-order chi connectivity index (χ0) is 19.7. The van der Waals surface area contributed by atoms with Gasteiger partial charge >= 0.3 is 0 Å². The number of thioether (sulfide) groups is 1.